The SMILES string of the molecule is Cc1cnc(C(=O)NC2COc3cc(Cl)cnc3N(C)C2=O)nc1-c1cccc(F)c1F. The fourth-order valence-corrected chi connectivity index (χ4v) is 3.34. The molecule has 0 saturated heterocycles. The van der Waals surface area contributed by atoms with Crippen LogP contribution in [0.25, 0.3) is 11.3 Å². The third-order valence-electron chi connectivity index (χ3n) is 4.84. The van der Waals surface area contributed by atoms with Crippen LogP contribution in [-0.2, 0) is 4.79 Å². The smallest absolute Gasteiger partial charge is 0.289 e. The van der Waals surface area contributed by atoms with Gasteiger partial charge in [-0.15, -0.1) is 0 Å². The summed E-state index contributed by atoms with van der Waals surface area (Å²) in [5.74, 6) is -3.15. The third kappa shape index (κ3) is 3.96. The van der Waals surface area contributed by atoms with E-state index in [0.717, 1.165) is 6.07 Å². The molecule has 3 aromatic rings. The second kappa shape index (κ2) is 8.46. The van der Waals surface area contributed by atoms with Crippen molar-refractivity contribution in [1.82, 2.24) is 20.3 Å². The van der Waals surface area contributed by atoms with Gasteiger partial charge in [0.05, 0.1) is 10.7 Å². The van der Waals surface area contributed by atoms with Crippen LogP contribution in [0.4, 0.5) is 14.6 Å². The quantitative estimate of drug-likeness (QED) is 0.647. The average Bonchev–Trinajstić information content (AvgIpc) is 2.88. The van der Waals surface area contributed by atoms with Gasteiger partial charge in [-0.3, -0.25) is 14.5 Å². The maximum Gasteiger partial charge on any atom is 0.289 e. The zero-order chi connectivity index (χ0) is 23.0. The summed E-state index contributed by atoms with van der Waals surface area (Å²) in [6, 6.07) is 4.12. The summed E-state index contributed by atoms with van der Waals surface area (Å²) in [7, 11) is 1.49. The van der Waals surface area contributed by atoms with E-state index < -0.39 is 29.5 Å². The van der Waals surface area contributed by atoms with E-state index in [1.54, 1.807) is 6.92 Å². The summed E-state index contributed by atoms with van der Waals surface area (Å²) in [5, 5.41) is 2.85. The molecule has 0 aliphatic carbocycles. The van der Waals surface area contributed by atoms with Crippen molar-refractivity contribution in [2.75, 3.05) is 18.6 Å². The molecule has 2 aromatic heterocycles. The highest BCUT2D eigenvalue weighted by Crippen LogP contribution is 2.30. The predicted molar refractivity (Wildman–Crippen MR) is 112 cm³/mol. The van der Waals surface area contributed by atoms with Crippen LogP contribution in [0.2, 0.25) is 5.02 Å². The number of aryl methyl sites for hydroxylation is 1. The molecule has 1 aliphatic heterocycles. The van der Waals surface area contributed by atoms with Gasteiger partial charge in [-0.1, -0.05) is 17.7 Å². The standard InChI is InChI=1S/C21H16ClF2N5O3/c1-10-7-25-18(28-17(10)12-4-3-5-13(23)16(12)24)20(30)27-14-9-32-15-6-11(22)8-26-19(15)29(2)21(14)31/h3-8,14H,9H2,1-2H3,(H,27,30). The van der Waals surface area contributed by atoms with Gasteiger partial charge in [-0.25, -0.2) is 23.7 Å². The summed E-state index contributed by atoms with van der Waals surface area (Å²) in [6.07, 6.45) is 2.69. The fraction of sp³-hybridized carbons (Fsp3) is 0.190. The fourth-order valence-electron chi connectivity index (χ4n) is 3.19. The number of rotatable bonds is 3. The molecule has 0 radical (unpaired) electrons. The molecular weight excluding hydrogens is 444 g/mol. The van der Waals surface area contributed by atoms with E-state index in [1.807, 2.05) is 0 Å². The zero-order valence-electron chi connectivity index (χ0n) is 16.9. The molecule has 11 heteroatoms. The minimum Gasteiger partial charge on any atom is -0.487 e. The number of fused-ring (bicyclic) bond motifs is 1. The van der Waals surface area contributed by atoms with Crippen LogP contribution in [-0.4, -0.2) is 46.5 Å². The molecule has 0 spiro atoms. The van der Waals surface area contributed by atoms with Crippen LogP contribution in [0, 0.1) is 18.6 Å². The number of nitrogens with zero attached hydrogens (tertiary/aromatic N) is 4. The molecule has 1 unspecified atom stereocenters. The first-order valence-electron chi connectivity index (χ1n) is 9.41. The number of amides is 2. The molecule has 0 saturated carbocycles. The number of likely N-dealkylation sites (N-methyl/N-ethyl adjacent to an activating group) is 1. The molecule has 4 rings (SSSR count). The van der Waals surface area contributed by atoms with E-state index in [9.17, 15) is 18.4 Å². The summed E-state index contributed by atoms with van der Waals surface area (Å²) in [6.45, 7) is 1.43. The number of carbonyl (C=O) groups is 2. The van der Waals surface area contributed by atoms with Crippen molar-refractivity contribution in [3.63, 3.8) is 0 Å². The zero-order valence-corrected chi connectivity index (χ0v) is 17.7. The lowest BCUT2D eigenvalue weighted by Gasteiger charge is -2.19. The predicted octanol–water partition coefficient (Wildman–Crippen LogP) is 2.93. The summed E-state index contributed by atoms with van der Waals surface area (Å²) in [4.78, 5) is 39.0. The summed E-state index contributed by atoms with van der Waals surface area (Å²) < 4.78 is 33.5. The van der Waals surface area contributed by atoms with E-state index >= 15 is 0 Å². The lowest BCUT2D eigenvalue weighted by Crippen LogP contribution is -2.49. The van der Waals surface area contributed by atoms with Crippen LogP contribution in [0.3, 0.4) is 0 Å². The van der Waals surface area contributed by atoms with Crippen LogP contribution >= 0.6 is 11.6 Å². The van der Waals surface area contributed by atoms with Gasteiger partial charge in [0.2, 0.25) is 5.82 Å². The molecule has 2 amide bonds. The third-order valence-corrected chi connectivity index (χ3v) is 5.04. The van der Waals surface area contributed by atoms with Crippen molar-refractivity contribution >= 4 is 29.2 Å². The van der Waals surface area contributed by atoms with Crippen molar-refractivity contribution in [3.05, 3.63) is 64.7 Å². The highest BCUT2D eigenvalue weighted by Gasteiger charge is 2.32. The number of halogens is 3. The first kappa shape index (κ1) is 21.6. The molecule has 164 valence electrons. The van der Waals surface area contributed by atoms with Crippen LogP contribution in [0.15, 0.2) is 36.7 Å². The Morgan fingerprint density at radius 1 is 1.28 bits per heavy atom. The molecule has 3 heterocycles. The minimum atomic E-state index is -1.08. The van der Waals surface area contributed by atoms with Crippen molar-refractivity contribution in [2.45, 2.75) is 13.0 Å². The molecule has 1 N–H and O–H groups in total. The second-order valence-corrected chi connectivity index (χ2v) is 7.47. The monoisotopic (exact) mass is 459 g/mol. The van der Waals surface area contributed by atoms with Crippen LogP contribution < -0.4 is 15.0 Å². The molecule has 1 aliphatic rings. The Labute approximate surface area is 186 Å². The molecule has 32 heavy (non-hydrogen) atoms. The molecule has 0 fully saturated rings. The van der Waals surface area contributed by atoms with Gasteiger partial charge in [0.25, 0.3) is 11.8 Å². The minimum absolute atomic E-state index is 0.0638. The number of carbonyl (C=O) groups excluding carboxylic acids is 2. The molecule has 1 aromatic carbocycles. The number of benzene rings is 1. The van der Waals surface area contributed by atoms with Crippen molar-refractivity contribution in [1.29, 1.82) is 0 Å². The maximum atomic E-state index is 14.3. The van der Waals surface area contributed by atoms with E-state index in [2.05, 4.69) is 20.3 Å². The summed E-state index contributed by atoms with van der Waals surface area (Å²) >= 11 is 5.93. The number of pyridine rings is 1. The Balaban J connectivity index is 1.59. The maximum absolute atomic E-state index is 14.3. The first-order valence-corrected chi connectivity index (χ1v) is 9.79. The highest BCUT2D eigenvalue weighted by atomic mass is 35.5. The number of anilines is 1. The Morgan fingerprint density at radius 2 is 2.06 bits per heavy atom. The number of hydrogen-bond donors (Lipinski definition) is 1. The van der Waals surface area contributed by atoms with Crippen molar-refractivity contribution < 1.29 is 23.1 Å². The van der Waals surface area contributed by atoms with Crippen molar-refractivity contribution in [2.24, 2.45) is 0 Å². The Bertz CT molecular complexity index is 1240. The van der Waals surface area contributed by atoms with E-state index in [-0.39, 0.29) is 29.5 Å². The van der Waals surface area contributed by atoms with Gasteiger partial charge in [-0.2, -0.15) is 0 Å². The Morgan fingerprint density at radius 3 is 2.84 bits per heavy atom. The normalized spacial score (nSPS) is 15.6. The molecule has 1 atom stereocenters. The van der Waals surface area contributed by atoms with Gasteiger partial charge in [0, 0.05) is 31.1 Å². The average molecular weight is 460 g/mol. The molecular formula is C21H16ClF2N5O3. The van der Waals surface area contributed by atoms with Gasteiger partial charge >= 0.3 is 0 Å². The van der Waals surface area contributed by atoms with E-state index in [4.69, 9.17) is 16.3 Å². The van der Waals surface area contributed by atoms with Gasteiger partial charge in [0.15, 0.2) is 23.2 Å². The van der Waals surface area contributed by atoms with E-state index in [0.29, 0.717) is 16.3 Å². The second-order valence-electron chi connectivity index (χ2n) is 7.04. The van der Waals surface area contributed by atoms with Crippen molar-refractivity contribution in [3.8, 4) is 17.0 Å². The van der Waals surface area contributed by atoms with Gasteiger partial charge in [0.1, 0.15) is 12.6 Å². The van der Waals surface area contributed by atoms with E-state index in [1.165, 1.54) is 42.5 Å². The first-order chi connectivity index (χ1) is 15.3. The number of nitrogens with one attached hydrogen (secondary N) is 1. The largest absolute Gasteiger partial charge is 0.487 e. The molecule has 8 nitrogen and oxygen atoms in total. The molecule has 0 bridgehead atoms. The van der Waals surface area contributed by atoms with Crippen LogP contribution in [0.1, 0.15) is 16.2 Å². The number of aromatic nitrogens is 3. The Kier molecular flexibility index (Phi) is 5.70. The number of ether oxygens (including phenoxy) is 1. The number of hydrogen-bond acceptors (Lipinski definition) is 6. The van der Waals surface area contributed by atoms with Gasteiger partial charge in [-0.05, 0) is 24.6 Å². The highest BCUT2D eigenvalue weighted by molar-refractivity contribution is 6.30. The Hall–Kier alpha value is -3.66. The van der Waals surface area contributed by atoms with Gasteiger partial charge < -0.3 is 10.1 Å². The van der Waals surface area contributed by atoms with Crippen LogP contribution in [0.5, 0.6) is 5.75 Å². The summed E-state index contributed by atoms with van der Waals surface area (Å²) in [5.41, 5.74) is 0.401. The lowest BCUT2D eigenvalue weighted by atomic mass is 10.1. The topological polar surface area (TPSA) is 97.3 Å². The lowest BCUT2D eigenvalue weighted by molar-refractivity contribution is -0.120.